The zero-order valence-corrected chi connectivity index (χ0v) is 12.5. The number of hydrazine groups is 1. The summed E-state index contributed by atoms with van der Waals surface area (Å²) in [4.78, 5) is 0. The Labute approximate surface area is 124 Å². The minimum absolute atomic E-state index is 0.222. The lowest BCUT2D eigenvalue weighted by Crippen LogP contribution is -2.26. The summed E-state index contributed by atoms with van der Waals surface area (Å²) in [6.45, 7) is 2.21. The Bertz CT molecular complexity index is 627. The van der Waals surface area contributed by atoms with E-state index in [0.717, 1.165) is 22.6 Å². The van der Waals surface area contributed by atoms with E-state index in [1.807, 2.05) is 25.1 Å². The molecule has 0 bridgehead atoms. The summed E-state index contributed by atoms with van der Waals surface area (Å²) in [5, 5.41) is 11.0. The van der Waals surface area contributed by atoms with E-state index in [2.05, 4.69) is 0 Å². The summed E-state index contributed by atoms with van der Waals surface area (Å²) < 4.78 is 11.2. The molecule has 2 aromatic carbocycles. The van der Waals surface area contributed by atoms with E-state index in [1.165, 1.54) is 5.01 Å². The number of hydrogen-bond donors (Lipinski definition) is 2. The van der Waals surface area contributed by atoms with Crippen molar-refractivity contribution in [2.45, 2.75) is 13.5 Å². The van der Waals surface area contributed by atoms with Gasteiger partial charge in [-0.3, -0.25) is 0 Å². The summed E-state index contributed by atoms with van der Waals surface area (Å²) in [6.07, 6.45) is 0. The predicted molar refractivity (Wildman–Crippen MR) is 82.8 cm³/mol. The SMILES string of the molecule is COc1cccc(N(C)N)c1COc1ccc(O)cc1C. The van der Waals surface area contributed by atoms with Crippen LogP contribution in [0.4, 0.5) is 5.69 Å². The van der Waals surface area contributed by atoms with Crippen molar-refractivity contribution in [2.24, 2.45) is 5.84 Å². The number of aryl methyl sites for hydroxylation is 1. The Morgan fingerprint density at radius 1 is 1.19 bits per heavy atom. The lowest BCUT2D eigenvalue weighted by molar-refractivity contribution is 0.294. The molecule has 5 nitrogen and oxygen atoms in total. The minimum Gasteiger partial charge on any atom is -0.508 e. The van der Waals surface area contributed by atoms with Crippen molar-refractivity contribution in [3.8, 4) is 17.2 Å². The number of ether oxygens (including phenoxy) is 2. The second kappa shape index (κ2) is 6.37. The first-order chi connectivity index (χ1) is 10.0. The topological polar surface area (TPSA) is 68.0 Å². The monoisotopic (exact) mass is 288 g/mol. The van der Waals surface area contributed by atoms with Crippen LogP contribution in [0, 0.1) is 6.92 Å². The Morgan fingerprint density at radius 3 is 2.57 bits per heavy atom. The van der Waals surface area contributed by atoms with Crippen LogP contribution in [0.25, 0.3) is 0 Å². The number of aromatic hydroxyl groups is 1. The summed E-state index contributed by atoms with van der Waals surface area (Å²) in [7, 11) is 3.38. The average Bonchev–Trinajstić information content (AvgIpc) is 2.45. The molecule has 0 aliphatic carbocycles. The molecule has 5 heteroatoms. The second-order valence-electron chi connectivity index (χ2n) is 4.81. The van der Waals surface area contributed by atoms with Gasteiger partial charge in [-0.05, 0) is 42.8 Å². The first kappa shape index (κ1) is 15.0. The van der Waals surface area contributed by atoms with Crippen LogP contribution in [0.15, 0.2) is 36.4 Å². The van der Waals surface area contributed by atoms with Crippen LogP contribution in [0.2, 0.25) is 0 Å². The lowest BCUT2D eigenvalue weighted by atomic mass is 10.1. The van der Waals surface area contributed by atoms with Crippen molar-refractivity contribution in [3.63, 3.8) is 0 Å². The third-order valence-corrected chi connectivity index (χ3v) is 3.24. The Kier molecular flexibility index (Phi) is 4.55. The normalized spacial score (nSPS) is 10.3. The van der Waals surface area contributed by atoms with Gasteiger partial charge in [0.15, 0.2) is 0 Å². The first-order valence-corrected chi connectivity index (χ1v) is 6.59. The number of phenols is 1. The highest BCUT2D eigenvalue weighted by Crippen LogP contribution is 2.30. The highest BCUT2D eigenvalue weighted by molar-refractivity contribution is 5.58. The smallest absolute Gasteiger partial charge is 0.127 e. The fourth-order valence-electron chi connectivity index (χ4n) is 2.17. The van der Waals surface area contributed by atoms with Crippen LogP contribution in [0.1, 0.15) is 11.1 Å². The average molecular weight is 288 g/mol. The van der Waals surface area contributed by atoms with Gasteiger partial charge < -0.3 is 19.6 Å². The molecular weight excluding hydrogens is 268 g/mol. The van der Waals surface area contributed by atoms with E-state index >= 15 is 0 Å². The van der Waals surface area contributed by atoms with Crippen LogP contribution in [0.3, 0.4) is 0 Å². The zero-order chi connectivity index (χ0) is 15.4. The van der Waals surface area contributed by atoms with Crippen molar-refractivity contribution in [1.82, 2.24) is 0 Å². The minimum atomic E-state index is 0.222. The van der Waals surface area contributed by atoms with Crippen LogP contribution >= 0.6 is 0 Å². The molecule has 112 valence electrons. The molecule has 0 aromatic heterocycles. The van der Waals surface area contributed by atoms with Crippen LogP contribution in [-0.2, 0) is 6.61 Å². The fraction of sp³-hybridized carbons (Fsp3) is 0.250. The van der Waals surface area contributed by atoms with Gasteiger partial charge >= 0.3 is 0 Å². The summed E-state index contributed by atoms with van der Waals surface area (Å²) >= 11 is 0. The summed E-state index contributed by atoms with van der Waals surface area (Å²) in [5.41, 5.74) is 2.58. The van der Waals surface area contributed by atoms with Crippen LogP contribution in [0.5, 0.6) is 17.2 Å². The molecule has 0 radical (unpaired) electrons. The van der Waals surface area contributed by atoms with E-state index < -0.39 is 0 Å². The molecule has 0 saturated heterocycles. The molecule has 0 fully saturated rings. The third kappa shape index (κ3) is 3.38. The van der Waals surface area contributed by atoms with Gasteiger partial charge in [-0.1, -0.05) is 6.07 Å². The molecule has 0 unspecified atom stereocenters. The zero-order valence-electron chi connectivity index (χ0n) is 12.5. The number of anilines is 1. The molecule has 0 aliphatic rings. The lowest BCUT2D eigenvalue weighted by Gasteiger charge is -2.20. The quantitative estimate of drug-likeness (QED) is 0.654. The molecule has 0 atom stereocenters. The van der Waals surface area contributed by atoms with Gasteiger partial charge in [0.2, 0.25) is 0 Å². The van der Waals surface area contributed by atoms with Crippen molar-refractivity contribution in [2.75, 3.05) is 19.2 Å². The molecule has 3 N–H and O–H groups in total. The molecule has 2 rings (SSSR count). The third-order valence-electron chi connectivity index (χ3n) is 3.24. The highest BCUT2D eigenvalue weighted by atomic mass is 16.5. The first-order valence-electron chi connectivity index (χ1n) is 6.59. The number of hydrogen-bond acceptors (Lipinski definition) is 5. The Morgan fingerprint density at radius 2 is 1.95 bits per heavy atom. The maximum atomic E-state index is 9.42. The van der Waals surface area contributed by atoms with Gasteiger partial charge in [-0.2, -0.15) is 0 Å². The molecule has 0 saturated carbocycles. The van der Waals surface area contributed by atoms with Crippen molar-refractivity contribution >= 4 is 5.69 Å². The highest BCUT2D eigenvalue weighted by Gasteiger charge is 2.12. The van der Waals surface area contributed by atoms with Gasteiger partial charge in [0, 0.05) is 7.05 Å². The number of methoxy groups -OCH3 is 1. The molecule has 2 aromatic rings. The van der Waals surface area contributed by atoms with Crippen molar-refractivity contribution in [1.29, 1.82) is 0 Å². The van der Waals surface area contributed by atoms with Gasteiger partial charge in [0.05, 0.1) is 18.4 Å². The summed E-state index contributed by atoms with van der Waals surface area (Å²) in [6, 6.07) is 10.7. The Balaban J connectivity index is 2.26. The van der Waals surface area contributed by atoms with E-state index in [4.69, 9.17) is 15.3 Å². The van der Waals surface area contributed by atoms with Gasteiger partial charge in [0.1, 0.15) is 23.9 Å². The molecule has 0 heterocycles. The van der Waals surface area contributed by atoms with Crippen LogP contribution in [-0.4, -0.2) is 19.3 Å². The maximum Gasteiger partial charge on any atom is 0.127 e. The van der Waals surface area contributed by atoms with Gasteiger partial charge in [-0.25, -0.2) is 5.84 Å². The van der Waals surface area contributed by atoms with Crippen molar-refractivity contribution < 1.29 is 14.6 Å². The molecule has 0 aliphatic heterocycles. The van der Waals surface area contributed by atoms with E-state index in [0.29, 0.717) is 12.4 Å². The van der Waals surface area contributed by atoms with Gasteiger partial charge in [-0.15, -0.1) is 0 Å². The fourth-order valence-corrected chi connectivity index (χ4v) is 2.17. The van der Waals surface area contributed by atoms with Gasteiger partial charge in [0.25, 0.3) is 0 Å². The number of rotatable bonds is 5. The number of benzene rings is 2. The Hall–Kier alpha value is -2.40. The predicted octanol–water partition coefficient (Wildman–Crippen LogP) is 2.60. The van der Waals surface area contributed by atoms with E-state index in [-0.39, 0.29) is 5.75 Å². The maximum absolute atomic E-state index is 9.42. The second-order valence-corrected chi connectivity index (χ2v) is 4.81. The van der Waals surface area contributed by atoms with Crippen LogP contribution < -0.4 is 20.3 Å². The molecule has 0 spiro atoms. The van der Waals surface area contributed by atoms with E-state index in [9.17, 15) is 5.11 Å². The number of nitrogens with two attached hydrogens (primary N) is 1. The standard InChI is InChI=1S/C16H20N2O3/c1-11-9-12(19)7-8-15(11)21-10-13-14(18(2)17)5-4-6-16(13)20-3/h4-9,19H,10,17H2,1-3H3. The number of nitrogens with zero attached hydrogens (tertiary/aromatic N) is 1. The van der Waals surface area contributed by atoms with Crippen molar-refractivity contribution in [3.05, 3.63) is 47.5 Å². The molecule has 21 heavy (non-hydrogen) atoms. The number of phenolic OH excluding ortho intramolecular Hbond substituents is 1. The molecule has 0 amide bonds. The summed E-state index contributed by atoms with van der Waals surface area (Å²) in [5.74, 6) is 7.50. The largest absolute Gasteiger partial charge is 0.508 e. The van der Waals surface area contributed by atoms with E-state index in [1.54, 1.807) is 32.4 Å². The molecular formula is C16H20N2O3.